The summed E-state index contributed by atoms with van der Waals surface area (Å²) < 4.78 is 2.02. The smallest absolute Gasteiger partial charge is 0.256 e. The zero-order chi connectivity index (χ0) is 17.7. The monoisotopic (exact) mass is 349 g/mol. The number of carbonyl (C=O) groups excluding carboxylic acids is 1. The average Bonchev–Trinajstić information content (AvgIpc) is 3.42. The molecule has 1 saturated carbocycles. The topological polar surface area (TPSA) is 66.8 Å². The van der Waals surface area contributed by atoms with Gasteiger partial charge in [-0.3, -0.25) is 4.79 Å². The molecule has 1 spiro atoms. The quantitative estimate of drug-likeness (QED) is 0.773. The normalized spacial score (nSPS) is 21.9. The van der Waals surface area contributed by atoms with E-state index in [2.05, 4.69) is 15.2 Å². The number of aromatic amines is 1. The van der Waals surface area contributed by atoms with Crippen molar-refractivity contribution in [1.29, 1.82) is 0 Å². The second-order valence-electron chi connectivity index (χ2n) is 7.86. The molecule has 5 rings (SSSR count). The number of aromatic nitrogens is 4. The van der Waals surface area contributed by atoms with Crippen LogP contribution in [-0.4, -0.2) is 43.6 Å². The molecule has 1 amide bonds. The molecule has 1 saturated heterocycles. The van der Waals surface area contributed by atoms with Crippen LogP contribution >= 0.6 is 0 Å². The highest BCUT2D eigenvalue weighted by Gasteiger charge is 2.51. The number of aryl methyl sites for hydroxylation is 1. The Labute approximate surface area is 152 Å². The van der Waals surface area contributed by atoms with Gasteiger partial charge in [0.1, 0.15) is 12.2 Å². The molecule has 6 nitrogen and oxygen atoms in total. The van der Waals surface area contributed by atoms with E-state index < -0.39 is 0 Å². The average molecular weight is 349 g/mol. The highest BCUT2D eigenvalue weighted by molar-refractivity contribution is 6.06. The minimum atomic E-state index is 0.124. The third kappa shape index (κ3) is 2.21. The first-order chi connectivity index (χ1) is 12.7. The van der Waals surface area contributed by atoms with E-state index in [1.54, 1.807) is 6.33 Å². The molecule has 1 N–H and O–H groups in total. The fraction of sp³-hybridized carbons (Fsp3) is 0.450. The summed E-state index contributed by atoms with van der Waals surface area (Å²) in [6.07, 6.45) is 8.43. The van der Waals surface area contributed by atoms with Gasteiger partial charge >= 0.3 is 0 Å². The number of likely N-dealkylation sites (tertiary alicyclic amines) is 1. The summed E-state index contributed by atoms with van der Waals surface area (Å²) in [4.78, 5) is 18.6. The second kappa shape index (κ2) is 5.69. The number of H-pyrrole nitrogens is 1. The molecule has 26 heavy (non-hydrogen) atoms. The van der Waals surface area contributed by atoms with E-state index in [9.17, 15) is 4.79 Å². The van der Waals surface area contributed by atoms with Crippen LogP contribution in [0.2, 0.25) is 0 Å². The summed E-state index contributed by atoms with van der Waals surface area (Å²) in [5.74, 6) is 1.41. The lowest BCUT2D eigenvalue weighted by Crippen LogP contribution is -2.31. The standard InChI is InChI=1S/C20H23N5O/c1-24-13-22-23-18(24)16-11-25(12-20(16)8-4-5-9-20)19(26)15-10-21-17-7-3-2-6-14(15)17/h2-3,6-7,10,13,16,21H,4-5,8-9,11-12H2,1H3. The van der Waals surface area contributed by atoms with Crippen molar-refractivity contribution in [3.05, 3.63) is 48.2 Å². The Bertz CT molecular complexity index is 965. The van der Waals surface area contributed by atoms with Crippen molar-refractivity contribution in [3.8, 4) is 0 Å². The van der Waals surface area contributed by atoms with Gasteiger partial charge in [-0.25, -0.2) is 0 Å². The Morgan fingerprint density at radius 3 is 2.85 bits per heavy atom. The van der Waals surface area contributed by atoms with Crippen molar-refractivity contribution in [2.75, 3.05) is 13.1 Å². The largest absolute Gasteiger partial charge is 0.360 e. The van der Waals surface area contributed by atoms with Crippen LogP contribution in [0.15, 0.2) is 36.8 Å². The fourth-order valence-electron chi connectivity index (χ4n) is 5.09. The van der Waals surface area contributed by atoms with Gasteiger partial charge in [-0.15, -0.1) is 10.2 Å². The summed E-state index contributed by atoms with van der Waals surface area (Å²) in [5, 5.41) is 9.48. The van der Waals surface area contributed by atoms with Gasteiger partial charge in [0.2, 0.25) is 0 Å². The number of nitrogens with zero attached hydrogens (tertiary/aromatic N) is 4. The van der Waals surface area contributed by atoms with Crippen molar-refractivity contribution in [2.45, 2.75) is 31.6 Å². The molecule has 2 aromatic heterocycles. The van der Waals surface area contributed by atoms with Gasteiger partial charge in [0, 0.05) is 43.2 Å². The minimum absolute atomic E-state index is 0.124. The Morgan fingerprint density at radius 2 is 2.08 bits per heavy atom. The molecule has 6 heteroatoms. The molecule has 2 aliphatic rings. The van der Waals surface area contributed by atoms with Crippen molar-refractivity contribution >= 4 is 16.8 Å². The van der Waals surface area contributed by atoms with Crippen LogP contribution in [0.25, 0.3) is 10.9 Å². The van der Waals surface area contributed by atoms with E-state index in [1.807, 2.05) is 47.0 Å². The zero-order valence-corrected chi connectivity index (χ0v) is 15.0. The van der Waals surface area contributed by atoms with Crippen molar-refractivity contribution in [2.24, 2.45) is 12.5 Å². The van der Waals surface area contributed by atoms with Crippen molar-refractivity contribution in [1.82, 2.24) is 24.6 Å². The van der Waals surface area contributed by atoms with Crippen molar-refractivity contribution in [3.63, 3.8) is 0 Å². The van der Waals surface area contributed by atoms with Crippen molar-refractivity contribution < 1.29 is 4.79 Å². The predicted molar refractivity (Wildman–Crippen MR) is 98.8 cm³/mol. The first-order valence-electron chi connectivity index (χ1n) is 9.37. The van der Waals surface area contributed by atoms with Gasteiger partial charge in [-0.2, -0.15) is 0 Å². The molecule has 1 aliphatic heterocycles. The van der Waals surface area contributed by atoms with Crippen LogP contribution in [0.5, 0.6) is 0 Å². The van der Waals surface area contributed by atoms with Crippen LogP contribution in [0.1, 0.15) is 47.8 Å². The predicted octanol–water partition coefficient (Wildman–Crippen LogP) is 3.10. The van der Waals surface area contributed by atoms with Gasteiger partial charge < -0.3 is 14.5 Å². The van der Waals surface area contributed by atoms with Gasteiger partial charge in [-0.1, -0.05) is 31.0 Å². The fourth-order valence-corrected chi connectivity index (χ4v) is 5.09. The lowest BCUT2D eigenvalue weighted by Gasteiger charge is -2.28. The zero-order valence-electron chi connectivity index (χ0n) is 15.0. The van der Waals surface area contributed by atoms with Crippen LogP contribution in [0.3, 0.4) is 0 Å². The molecule has 1 atom stereocenters. The van der Waals surface area contributed by atoms with E-state index >= 15 is 0 Å². The Morgan fingerprint density at radius 1 is 1.27 bits per heavy atom. The molecule has 0 radical (unpaired) electrons. The number of hydrogen-bond acceptors (Lipinski definition) is 3. The van der Waals surface area contributed by atoms with Gasteiger partial charge in [0.25, 0.3) is 5.91 Å². The third-order valence-electron chi connectivity index (χ3n) is 6.41. The Hall–Kier alpha value is -2.63. The number of fused-ring (bicyclic) bond motifs is 1. The summed E-state index contributed by atoms with van der Waals surface area (Å²) in [7, 11) is 2.00. The molecule has 1 unspecified atom stereocenters. The molecule has 1 aromatic carbocycles. The van der Waals surface area contributed by atoms with E-state index in [-0.39, 0.29) is 17.2 Å². The SMILES string of the molecule is Cn1cnnc1C1CN(C(=O)c2c[nH]c3ccccc23)CC12CCCC2. The summed E-state index contributed by atoms with van der Waals surface area (Å²) in [6, 6.07) is 8.00. The molecule has 2 fully saturated rings. The molecule has 3 heterocycles. The maximum atomic E-state index is 13.3. The van der Waals surface area contributed by atoms with Gasteiger partial charge in [-0.05, 0) is 24.3 Å². The lowest BCUT2D eigenvalue weighted by atomic mass is 9.76. The van der Waals surface area contributed by atoms with E-state index in [0.29, 0.717) is 0 Å². The molecule has 0 bridgehead atoms. The van der Waals surface area contributed by atoms with Crippen LogP contribution in [0.4, 0.5) is 0 Å². The number of carbonyl (C=O) groups is 1. The number of nitrogens with one attached hydrogen (secondary N) is 1. The van der Waals surface area contributed by atoms with E-state index in [0.717, 1.165) is 35.4 Å². The van der Waals surface area contributed by atoms with Crippen LogP contribution in [0, 0.1) is 5.41 Å². The molecule has 134 valence electrons. The minimum Gasteiger partial charge on any atom is -0.360 e. The molecule has 1 aliphatic carbocycles. The molecular formula is C20H23N5O. The number of benzene rings is 1. The number of rotatable bonds is 2. The molecule has 3 aromatic rings. The first-order valence-corrected chi connectivity index (χ1v) is 9.37. The van der Waals surface area contributed by atoms with E-state index in [4.69, 9.17) is 0 Å². The second-order valence-corrected chi connectivity index (χ2v) is 7.86. The highest BCUT2D eigenvalue weighted by Crippen LogP contribution is 2.53. The Kier molecular flexibility index (Phi) is 3.42. The van der Waals surface area contributed by atoms with Crippen LogP contribution in [-0.2, 0) is 7.05 Å². The highest BCUT2D eigenvalue weighted by atomic mass is 16.2. The first kappa shape index (κ1) is 15.6. The van der Waals surface area contributed by atoms with Crippen LogP contribution < -0.4 is 0 Å². The maximum absolute atomic E-state index is 13.3. The molecular weight excluding hydrogens is 326 g/mol. The van der Waals surface area contributed by atoms with Gasteiger partial charge in [0.05, 0.1) is 5.56 Å². The van der Waals surface area contributed by atoms with Gasteiger partial charge in [0.15, 0.2) is 0 Å². The maximum Gasteiger partial charge on any atom is 0.256 e. The van der Waals surface area contributed by atoms with E-state index in [1.165, 1.54) is 25.7 Å². The summed E-state index contributed by atoms with van der Waals surface area (Å²) >= 11 is 0. The lowest BCUT2D eigenvalue weighted by molar-refractivity contribution is 0.0775. The third-order valence-corrected chi connectivity index (χ3v) is 6.41. The Balaban J connectivity index is 1.51. The number of para-hydroxylation sites is 1. The summed E-state index contributed by atoms with van der Waals surface area (Å²) in [6.45, 7) is 1.55. The number of hydrogen-bond donors (Lipinski definition) is 1. The number of amides is 1. The summed E-state index contributed by atoms with van der Waals surface area (Å²) in [5.41, 5.74) is 1.94.